The van der Waals surface area contributed by atoms with Gasteiger partial charge in [-0.05, 0) is 56.0 Å². The van der Waals surface area contributed by atoms with Crippen LogP contribution in [0.2, 0.25) is 0 Å². The zero-order valence-electron chi connectivity index (χ0n) is 15.1. The highest BCUT2D eigenvalue weighted by molar-refractivity contribution is 5.91. The van der Waals surface area contributed by atoms with Crippen LogP contribution in [0.3, 0.4) is 0 Å². The number of pyridine rings is 1. The van der Waals surface area contributed by atoms with Gasteiger partial charge in [0.1, 0.15) is 5.76 Å². The van der Waals surface area contributed by atoms with Gasteiger partial charge in [-0.1, -0.05) is 0 Å². The molecule has 0 saturated carbocycles. The highest BCUT2D eigenvalue weighted by Gasteiger charge is 2.21. The number of nitrogens with one attached hydrogen (secondary N) is 1. The summed E-state index contributed by atoms with van der Waals surface area (Å²) >= 11 is 0. The average molecular weight is 362 g/mol. The molecule has 1 N–H and O–H groups in total. The molecular weight excluding hydrogens is 340 g/mol. The second-order valence-corrected chi connectivity index (χ2v) is 6.58. The summed E-state index contributed by atoms with van der Waals surface area (Å²) in [5.41, 5.74) is 4.80. The Morgan fingerprint density at radius 3 is 2.89 bits per heavy atom. The van der Waals surface area contributed by atoms with Crippen LogP contribution in [0.5, 0.6) is 0 Å². The molecule has 3 aromatic heterocycles. The minimum atomic E-state index is -0.137. The predicted molar refractivity (Wildman–Crippen MR) is 103 cm³/mol. The van der Waals surface area contributed by atoms with Crippen molar-refractivity contribution in [1.29, 1.82) is 0 Å². The molecule has 0 unspecified atom stereocenters. The minimum absolute atomic E-state index is 0.137. The van der Waals surface area contributed by atoms with Gasteiger partial charge in [-0.3, -0.25) is 14.5 Å². The topological polar surface area (TPSA) is 73.0 Å². The predicted octanol–water partition coefficient (Wildman–Crippen LogP) is 3.25. The van der Waals surface area contributed by atoms with Crippen LogP contribution in [-0.4, -0.2) is 27.2 Å². The Kier molecular flexibility index (Phi) is 5.14. The lowest BCUT2D eigenvalue weighted by Crippen LogP contribution is -2.26. The van der Waals surface area contributed by atoms with Gasteiger partial charge in [0.15, 0.2) is 0 Å². The molecule has 138 valence electrons. The molecule has 0 aliphatic heterocycles. The summed E-state index contributed by atoms with van der Waals surface area (Å²) < 4.78 is 7.24. The molecule has 3 heterocycles. The Labute approximate surface area is 157 Å². The molecule has 1 aliphatic rings. The van der Waals surface area contributed by atoms with E-state index < -0.39 is 0 Å². The van der Waals surface area contributed by atoms with Crippen LogP contribution in [0.4, 0.5) is 0 Å². The van der Waals surface area contributed by atoms with E-state index in [2.05, 4.69) is 15.0 Å². The third-order valence-electron chi connectivity index (χ3n) is 4.78. The van der Waals surface area contributed by atoms with E-state index >= 15 is 0 Å². The molecule has 6 heteroatoms. The maximum atomic E-state index is 12.0. The van der Waals surface area contributed by atoms with E-state index in [-0.39, 0.29) is 5.91 Å². The summed E-state index contributed by atoms with van der Waals surface area (Å²) in [5, 5.41) is 7.76. The molecular formula is C21H22N4O2. The molecule has 0 atom stereocenters. The number of fused-ring (bicyclic) bond motifs is 1. The molecule has 6 nitrogen and oxygen atoms in total. The molecule has 0 bridgehead atoms. The maximum Gasteiger partial charge on any atom is 0.244 e. The molecule has 0 aromatic carbocycles. The van der Waals surface area contributed by atoms with Crippen LogP contribution in [0.15, 0.2) is 53.4 Å². The summed E-state index contributed by atoms with van der Waals surface area (Å²) in [5.74, 6) is 0.523. The molecule has 0 saturated heterocycles. The van der Waals surface area contributed by atoms with Crippen molar-refractivity contribution < 1.29 is 9.21 Å². The third kappa shape index (κ3) is 4.00. The van der Waals surface area contributed by atoms with E-state index in [1.807, 2.05) is 12.1 Å². The van der Waals surface area contributed by atoms with Crippen LogP contribution in [0.1, 0.15) is 29.9 Å². The van der Waals surface area contributed by atoms with E-state index in [9.17, 15) is 4.79 Å². The molecule has 1 amide bonds. The van der Waals surface area contributed by atoms with Crippen molar-refractivity contribution >= 4 is 12.0 Å². The zero-order chi connectivity index (χ0) is 18.5. The largest absolute Gasteiger partial charge is 0.465 e. The Hall–Kier alpha value is -3.15. The Morgan fingerprint density at radius 1 is 1.22 bits per heavy atom. The van der Waals surface area contributed by atoms with Gasteiger partial charge >= 0.3 is 0 Å². The van der Waals surface area contributed by atoms with Crippen LogP contribution in [0.25, 0.3) is 17.3 Å². The van der Waals surface area contributed by atoms with Gasteiger partial charge in [0, 0.05) is 41.8 Å². The number of hydrogen-bond acceptors (Lipinski definition) is 4. The van der Waals surface area contributed by atoms with Gasteiger partial charge in [-0.2, -0.15) is 5.10 Å². The molecule has 3 aromatic rings. The number of carbonyl (C=O) groups excluding carboxylic acids is 1. The van der Waals surface area contributed by atoms with Crippen molar-refractivity contribution in [3.8, 4) is 11.3 Å². The quantitative estimate of drug-likeness (QED) is 0.683. The van der Waals surface area contributed by atoms with Crippen LogP contribution in [-0.2, 0) is 24.2 Å². The first-order chi connectivity index (χ1) is 13.3. The van der Waals surface area contributed by atoms with Crippen molar-refractivity contribution in [2.45, 2.75) is 32.2 Å². The van der Waals surface area contributed by atoms with Crippen molar-refractivity contribution in [3.05, 3.63) is 66.0 Å². The molecule has 0 radical (unpaired) electrons. The summed E-state index contributed by atoms with van der Waals surface area (Å²) in [7, 11) is 0. The summed E-state index contributed by atoms with van der Waals surface area (Å²) in [6, 6.07) is 7.60. The number of hydrogen-bond donors (Lipinski definition) is 1. The Bertz CT molecular complexity index is 927. The van der Waals surface area contributed by atoms with Crippen molar-refractivity contribution in [1.82, 2.24) is 20.1 Å². The SMILES string of the molecule is O=C(/C=C/c1ccco1)NCCn1nc(-c2ccncc2)c2c1CCCC2. The smallest absolute Gasteiger partial charge is 0.244 e. The summed E-state index contributed by atoms with van der Waals surface area (Å²) in [4.78, 5) is 16.1. The number of carbonyl (C=O) groups is 1. The van der Waals surface area contributed by atoms with Crippen molar-refractivity contribution in [2.24, 2.45) is 0 Å². The van der Waals surface area contributed by atoms with E-state index in [0.717, 1.165) is 24.1 Å². The number of rotatable bonds is 6. The lowest BCUT2D eigenvalue weighted by molar-refractivity contribution is -0.116. The summed E-state index contributed by atoms with van der Waals surface area (Å²) in [6.45, 7) is 1.19. The lowest BCUT2D eigenvalue weighted by atomic mass is 9.94. The van der Waals surface area contributed by atoms with E-state index in [1.54, 1.807) is 36.9 Å². The van der Waals surface area contributed by atoms with Crippen LogP contribution >= 0.6 is 0 Å². The normalized spacial score (nSPS) is 13.6. The second-order valence-electron chi connectivity index (χ2n) is 6.58. The van der Waals surface area contributed by atoms with Crippen LogP contribution < -0.4 is 5.32 Å². The van der Waals surface area contributed by atoms with Gasteiger partial charge in [0.05, 0.1) is 18.5 Å². The number of furan rings is 1. The number of aromatic nitrogens is 3. The Morgan fingerprint density at radius 2 is 2.07 bits per heavy atom. The molecule has 0 fully saturated rings. The van der Waals surface area contributed by atoms with E-state index in [0.29, 0.717) is 18.8 Å². The number of nitrogens with zero attached hydrogens (tertiary/aromatic N) is 3. The average Bonchev–Trinajstić information content (AvgIpc) is 3.35. The van der Waals surface area contributed by atoms with E-state index in [4.69, 9.17) is 9.52 Å². The second kappa shape index (κ2) is 8.03. The maximum absolute atomic E-state index is 12.0. The summed E-state index contributed by atoms with van der Waals surface area (Å²) in [6.07, 6.45) is 12.8. The highest BCUT2D eigenvalue weighted by Crippen LogP contribution is 2.30. The highest BCUT2D eigenvalue weighted by atomic mass is 16.3. The molecule has 1 aliphatic carbocycles. The van der Waals surface area contributed by atoms with Crippen molar-refractivity contribution in [3.63, 3.8) is 0 Å². The van der Waals surface area contributed by atoms with Gasteiger partial charge in [-0.15, -0.1) is 0 Å². The fraction of sp³-hybridized carbons (Fsp3) is 0.286. The van der Waals surface area contributed by atoms with Crippen molar-refractivity contribution in [2.75, 3.05) is 6.54 Å². The zero-order valence-corrected chi connectivity index (χ0v) is 15.1. The Balaban J connectivity index is 1.43. The molecule has 0 spiro atoms. The number of amides is 1. The van der Waals surface area contributed by atoms with Crippen LogP contribution in [0, 0.1) is 0 Å². The fourth-order valence-electron chi connectivity index (χ4n) is 3.49. The minimum Gasteiger partial charge on any atom is -0.465 e. The standard InChI is InChI=1S/C21H22N4O2/c26-20(8-7-17-4-3-15-27-17)23-13-14-25-19-6-2-1-5-18(19)21(24-25)16-9-11-22-12-10-16/h3-4,7-12,15H,1-2,5-6,13-14H2,(H,23,26)/b8-7+. The van der Waals surface area contributed by atoms with Gasteiger partial charge < -0.3 is 9.73 Å². The third-order valence-corrected chi connectivity index (χ3v) is 4.78. The fourth-order valence-corrected chi connectivity index (χ4v) is 3.49. The first kappa shape index (κ1) is 17.3. The monoisotopic (exact) mass is 362 g/mol. The first-order valence-corrected chi connectivity index (χ1v) is 9.29. The van der Waals surface area contributed by atoms with Gasteiger partial charge in [-0.25, -0.2) is 0 Å². The van der Waals surface area contributed by atoms with Gasteiger partial charge in [0.2, 0.25) is 5.91 Å². The van der Waals surface area contributed by atoms with Gasteiger partial charge in [0.25, 0.3) is 0 Å². The van der Waals surface area contributed by atoms with E-state index in [1.165, 1.54) is 30.2 Å². The molecule has 4 rings (SSSR count). The molecule has 27 heavy (non-hydrogen) atoms. The lowest BCUT2D eigenvalue weighted by Gasteiger charge is -2.14. The first-order valence-electron chi connectivity index (χ1n) is 9.29.